The number of hydrogen-bond acceptors (Lipinski definition) is 3. The lowest BCUT2D eigenvalue weighted by molar-refractivity contribution is -0.118. The maximum atomic E-state index is 10.9. The average molecular weight is 298 g/mol. The predicted octanol–water partition coefficient (Wildman–Crippen LogP) is 1.90. The number of halogens is 1. The zero-order valence-electron chi connectivity index (χ0n) is 12.1. The van der Waals surface area contributed by atoms with Gasteiger partial charge in [-0.3, -0.25) is 9.48 Å². The van der Waals surface area contributed by atoms with Gasteiger partial charge in [0.15, 0.2) is 5.65 Å². The SMILES string of the molecule is CCc1nn(C)c2c1nc(C(C)Cl)n2CCCC(N)=O. The molecule has 0 aliphatic rings. The van der Waals surface area contributed by atoms with Gasteiger partial charge in [0.05, 0.1) is 11.1 Å². The molecule has 0 aliphatic carbocycles. The van der Waals surface area contributed by atoms with Crippen molar-refractivity contribution in [3.8, 4) is 0 Å². The van der Waals surface area contributed by atoms with Crippen LogP contribution in [0.3, 0.4) is 0 Å². The average Bonchev–Trinajstić information content (AvgIpc) is 2.88. The first kappa shape index (κ1) is 14.8. The van der Waals surface area contributed by atoms with E-state index in [-0.39, 0.29) is 11.3 Å². The quantitative estimate of drug-likeness (QED) is 0.827. The largest absolute Gasteiger partial charge is 0.370 e. The number of aryl methyl sites for hydroxylation is 3. The first-order valence-electron chi connectivity index (χ1n) is 6.80. The minimum atomic E-state index is -0.291. The van der Waals surface area contributed by atoms with Crippen LogP contribution in [-0.2, 0) is 24.8 Å². The van der Waals surface area contributed by atoms with Crippen LogP contribution in [0.1, 0.15) is 43.6 Å². The fourth-order valence-corrected chi connectivity index (χ4v) is 2.60. The Morgan fingerprint density at radius 1 is 1.50 bits per heavy atom. The van der Waals surface area contributed by atoms with Crippen LogP contribution in [0.4, 0.5) is 0 Å². The van der Waals surface area contributed by atoms with Crippen molar-refractivity contribution in [1.82, 2.24) is 19.3 Å². The van der Waals surface area contributed by atoms with Gasteiger partial charge in [0, 0.05) is 20.0 Å². The molecule has 2 rings (SSSR count). The highest BCUT2D eigenvalue weighted by Gasteiger charge is 2.20. The van der Waals surface area contributed by atoms with Gasteiger partial charge in [-0.25, -0.2) is 4.98 Å². The molecular weight excluding hydrogens is 278 g/mol. The second-order valence-corrected chi connectivity index (χ2v) is 5.56. The highest BCUT2D eigenvalue weighted by atomic mass is 35.5. The van der Waals surface area contributed by atoms with Crippen molar-refractivity contribution in [3.05, 3.63) is 11.5 Å². The first-order valence-corrected chi connectivity index (χ1v) is 7.23. The van der Waals surface area contributed by atoms with Gasteiger partial charge in [-0.15, -0.1) is 11.6 Å². The number of carbonyl (C=O) groups excluding carboxylic acids is 1. The summed E-state index contributed by atoms with van der Waals surface area (Å²) in [5, 5.41) is 4.28. The minimum absolute atomic E-state index is 0.194. The van der Waals surface area contributed by atoms with Gasteiger partial charge >= 0.3 is 0 Å². The van der Waals surface area contributed by atoms with E-state index < -0.39 is 0 Å². The second kappa shape index (κ2) is 5.83. The summed E-state index contributed by atoms with van der Waals surface area (Å²) in [5.41, 5.74) is 8.01. The molecule has 7 heteroatoms. The summed E-state index contributed by atoms with van der Waals surface area (Å²) < 4.78 is 3.87. The number of imidazole rings is 1. The summed E-state index contributed by atoms with van der Waals surface area (Å²) in [6.45, 7) is 4.61. The molecule has 1 amide bonds. The van der Waals surface area contributed by atoms with Crippen molar-refractivity contribution in [2.45, 2.75) is 45.0 Å². The lowest BCUT2D eigenvalue weighted by atomic mass is 10.3. The lowest BCUT2D eigenvalue weighted by Crippen LogP contribution is -2.13. The van der Waals surface area contributed by atoms with E-state index >= 15 is 0 Å². The maximum absolute atomic E-state index is 10.9. The molecule has 0 saturated heterocycles. The number of nitrogens with zero attached hydrogens (tertiary/aromatic N) is 4. The van der Waals surface area contributed by atoms with Crippen molar-refractivity contribution >= 4 is 28.7 Å². The smallest absolute Gasteiger partial charge is 0.217 e. The van der Waals surface area contributed by atoms with E-state index in [2.05, 4.69) is 17.0 Å². The van der Waals surface area contributed by atoms with Crippen LogP contribution in [0.15, 0.2) is 0 Å². The molecule has 0 saturated carbocycles. The van der Waals surface area contributed by atoms with Gasteiger partial charge in [-0.05, 0) is 19.8 Å². The summed E-state index contributed by atoms with van der Waals surface area (Å²) in [6, 6.07) is 0. The molecule has 2 aromatic rings. The number of fused-ring (bicyclic) bond motifs is 1. The predicted molar refractivity (Wildman–Crippen MR) is 78.6 cm³/mol. The van der Waals surface area contributed by atoms with E-state index in [1.54, 1.807) is 0 Å². The molecule has 0 radical (unpaired) electrons. The number of primary amides is 1. The standard InChI is InChI=1S/C13H20ClN5O/c1-4-9-11-13(18(3)17-9)19(7-5-6-10(15)20)12(16-11)8(2)14/h8H,4-7H2,1-3H3,(H2,15,20). The first-order chi connectivity index (χ1) is 9.45. The van der Waals surface area contributed by atoms with Crippen molar-refractivity contribution in [2.24, 2.45) is 12.8 Å². The van der Waals surface area contributed by atoms with Gasteiger partial charge in [-0.1, -0.05) is 6.92 Å². The Bertz CT molecular complexity index is 628. The van der Waals surface area contributed by atoms with Crippen LogP contribution in [-0.4, -0.2) is 25.2 Å². The van der Waals surface area contributed by atoms with E-state index in [9.17, 15) is 4.79 Å². The molecule has 0 spiro atoms. The molecule has 110 valence electrons. The topological polar surface area (TPSA) is 78.7 Å². The van der Waals surface area contributed by atoms with Crippen molar-refractivity contribution in [2.75, 3.05) is 0 Å². The molecule has 6 nitrogen and oxygen atoms in total. The molecule has 0 fully saturated rings. The molecule has 1 unspecified atom stereocenters. The maximum Gasteiger partial charge on any atom is 0.217 e. The van der Waals surface area contributed by atoms with Crippen LogP contribution in [0.5, 0.6) is 0 Å². The van der Waals surface area contributed by atoms with Crippen molar-refractivity contribution < 1.29 is 4.79 Å². The van der Waals surface area contributed by atoms with Gasteiger partial charge in [0.2, 0.25) is 5.91 Å². The summed E-state index contributed by atoms with van der Waals surface area (Å²) in [4.78, 5) is 15.5. The highest BCUT2D eigenvalue weighted by Crippen LogP contribution is 2.26. The molecule has 0 aromatic carbocycles. The third-order valence-corrected chi connectivity index (χ3v) is 3.51. The molecule has 2 aromatic heterocycles. The Morgan fingerprint density at radius 3 is 2.75 bits per heavy atom. The normalized spacial score (nSPS) is 13.0. The van der Waals surface area contributed by atoms with Crippen LogP contribution >= 0.6 is 11.6 Å². The molecule has 0 aliphatic heterocycles. The Morgan fingerprint density at radius 2 is 2.20 bits per heavy atom. The van der Waals surface area contributed by atoms with Gasteiger partial charge in [-0.2, -0.15) is 5.10 Å². The molecule has 0 bridgehead atoms. The lowest BCUT2D eigenvalue weighted by Gasteiger charge is -2.10. The Balaban J connectivity index is 2.45. The molecule has 1 atom stereocenters. The number of rotatable bonds is 6. The summed E-state index contributed by atoms with van der Waals surface area (Å²) in [6.07, 6.45) is 1.85. The Labute approximate surface area is 122 Å². The number of nitrogens with two attached hydrogens (primary N) is 1. The van der Waals surface area contributed by atoms with E-state index in [0.29, 0.717) is 19.4 Å². The molecule has 2 heterocycles. The third-order valence-electron chi connectivity index (χ3n) is 3.32. The summed E-state index contributed by atoms with van der Waals surface area (Å²) in [5.74, 6) is 0.523. The second-order valence-electron chi connectivity index (χ2n) is 4.90. The summed E-state index contributed by atoms with van der Waals surface area (Å²) >= 11 is 6.22. The third kappa shape index (κ3) is 2.65. The van der Waals surface area contributed by atoms with Crippen molar-refractivity contribution in [1.29, 1.82) is 0 Å². The number of carbonyl (C=O) groups is 1. The Kier molecular flexibility index (Phi) is 4.32. The van der Waals surface area contributed by atoms with E-state index in [1.807, 2.05) is 23.2 Å². The van der Waals surface area contributed by atoms with Crippen LogP contribution in [0, 0.1) is 0 Å². The van der Waals surface area contributed by atoms with E-state index in [0.717, 1.165) is 29.1 Å². The zero-order chi connectivity index (χ0) is 14.9. The fourth-order valence-electron chi connectivity index (χ4n) is 2.43. The summed E-state index contributed by atoms with van der Waals surface area (Å²) in [7, 11) is 1.90. The monoisotopic (exact) mass is 297 g/mol. The number of hydrogen-bond donors (Lipinski definition) is 1. The van der Waals surface area contributed by atoms with E-state index in [1.165, 1.54) is 0 Å². The van der Waals surface area contributed by atoms with Crippen molar-refractivity contribution in [3.63, 3.8) is 0 Å². The molecular formula is C13H20ClN5O. The Hall–Kier alpha value is -1.56. The van der Waals surface area contributed by atoms with Gasteiger partial charge < -0.3 is 10.3 Å². The molecule has 20 heavy (non-hydrogen) atoms. The fraction of sp³-hybridized carbons (Fsp3) is 0.615. The van der Waals surface area contributed by atoms with E-state index in [4.69, 9.17) is 17.3 Å². The van der Waals surface area contributed by atoms with Crippen LogP contribution in [0.25, 0.3) is 11.2 Å². The number of alkyl halides is 1. The number of aromatic nitrogens is 4. The van der Waals surface area contributed by atoms with Crippen LogP contribution in [0.2, 0.25) is 0 Å². The van der Waals surface area contributed by atoms with Crippen LogP contribution < -0.4 is 5.73 Å². The highest BCUT2D eigenvalue weighted by molar-refractivity contribution is 6.20. The minimum Gasteiger partial charge on any atom is -0.370 e. The van der Waals surface area contributed by atoms with Gasteiger partial charge in [0.25, 0.3) is 0 Å². The van der Waals surface area contributed by atoms with Gasteiger partial charge in [0.1, 0.15) is 11.3 Å². The number of amides is 1. The molecule has 2 N–H and O–H groups in total. The zero-order valence-corrected chi connectivity index (χ0v) is 12.8.